The van der Waals surface area contributed by atoms with E-state index in [1.54, 1.807) is 36.7 Å². The molecule has 0 saturated carbocycles. The van der Waals surface area contributed by atoms with Crippen LogP contribution >= 0.6 is 0 Å². The number of amides is 2. The van der Waals surface area contributed by atoms with Crippen LogP contribution in [0.2, 0.25) is 0 Å². The van der Waals surface area contributed by atoms with E-state index in [1.807, 2.05) is 0 Å². The number of hydrogen-bond donors (Lipinski definition) is 3. The Morgan fingerprint density at radius 3 is 2.68 bits per heavy atom. The topological polar surface area (TPSA) is 104 Å². The Balaban J connectivity index is 1.80. The van der Waals surface area contributed by atoms with Crippen LogP contribution in [-0.2, 0) is 16.1 Å². The third-order valence-electron chi connectivity index (χ3n) is 2.66. The van der Waals surface area contributed by atoms with Crippen LogP contribution in [0.5, 0.6) is 5.75 Å². The molecular formula is C15H14N4O3. The molecule has 1 heterocycles. The van der Waals surface area contributed by atoms with E-state index >= 15 is 0 Å². The zero-order chi connectivity index (χ0) is 15.8. The minimum absolute atomic E-state index is 0.0883. The van der Waals surface area contributed by atoms with Crippen LogP contribution < -0.4 is 10.7 Å². The molecule has 2 aromatic rings. The Morgan fingerprint density at radius 2 is 1.95 bits per heavy atom. The average Bonchev–Trinajstić information content (AvgIpc) is 2.53. The Morgan fingerprint density at radius 1 is 1.18 bits per heavy atom. The molecule has 7 heteroatoms. The van der Waals surface area contributed by atoms with Crippen LogP contribution in [0.15, 0.2) is 53.9 Å². The van der Waals surface area contributed by atoms with Crippen molar-refractivity contribution in [1.82, 2.24) is 15.7 Å². The van der Waals surface area contributed by atoms with Gasteiger partial charge in [-0.15, -0.1) is 0 Å². The number of carbonyl (C=O) groups is 2. The Kier molecular flexibility index (Phi) is 5.20. The van der Waals surface area contributed by atoms with Gasteiger partial charge in [0.25, 0.3) is 0 Å². The number of nitrogens with zero attached hydrogens (tertiary/aromatic N) is 2. The zero-order valence-electron chi connectivity index (χ0n) is 11.6. The highest BCUT2D eigenvalue weighted by molar-refractivity contribution is 6.35. The third-order valence-corrected chi connectivity index (χ3v) is 2.66. The summed E-state index contributed by atoms with van der Waals surface area (Å²) in [6.07, 6.45) is 4.52. The van der Waals surface area contributed by atoms with Crippen molar-refractivity contribution in [3.05, 3.63) is 59.9 Å². The van der Waals surface area contributed by atoms with Crippen molar-refractivity contribution >= 4 is 18.0 Å². The number of carbonyl (C=O) groups excluding carboxylic acids is 2. The first-order valence-electron chi connectivity index (χ1n) is 6.44. The van der Waals surface area contributed by atoms with Gasteiger partial charge in [-0.2, -0.15) is 5.10 Å². The predicted molar refractivity (Wildman–Crippen MR) is 79.9 cm³/mol. The van der Waals surface area contributed by atoms with Crippen molar-refractivity contribution in [2.45, 2.75) is 6.54 Å². The highest BCUT2D eigenvalue weighted by Gasteiger charge is 2.11. The summed E-state index contributed by atoms with van der Waals surface area (Å²) in [5.41, 5.74) is 3.54. The van der Waals surface area contributed by atoms with E-state index in [1.165, 1.54) is 18.3 Å². The number of phenols is 1. The monoisotopic (exact) mass is 298 g/mol. The summed E-state index contributed by atoms with van der Waals surface area (Å²) in [6.45, 7) is 0.227. The van der Waals surface area contributed by atoms with E-state index < -0.39 is 11.8 Å². The van der Waals surface area contributed by atoms with E-state index in [2.05, 4.69) is 20.8 Å². The molecule has 22 heavy (non-hydrogen) atoms. The number of aromatic hydroxyl groups is 1. The fourth-order valence-electron chi connectivity index (χ4n) is 1.58. The second-order valence-electron chi connectivity index (χ2n) is 4.33. The standard InChI is InChI=1S/C15H14N4O3/c20-13-3-1-2-12(8-13)10-18-19-15(22)14(21)17-9-11-4-6-16-7-5-11/h1-8,10,20H,9H2,(H,17,21)(H,19,22). The second kappa shape index (κ2) is 7.53. The molecule has 0 aliphatic carbocycles. The van der Waals surface area contributed by atoms with Crippen molar-refractivity contribution < 1.29 is 14.7 Å². The third kappa shape index (κ3) is 4.71. The summed E-state index contributed by atoms with van der Waals surface area (Å²) in [4.78, 5) is 26.9. The lowest BCUT2D eigenvalue weighted by Gasteiger charge is -2.03. The molecular weight excluding hydrogens is 284 g/mol. The van der Waals surface area contributed by atoms with E-state index in [-0.39, 0.29) is 12.3 Å². The van der Waals surface area contributed by atoms with Gasteiger partial charge in [0, 0.05) is 18.9 Å². The second-order valence-corrected chi connectivity index (χ2v) is 4.33. The summed E-state index contributed by atoms with van der Waals surface area (Å²) in [7, 11) is 0. The number of aromatic nitrogens is 1. The van der Waals surface area contributed by atoms with Gasteiger partial charge in [0.15, 0.2) is 0 Å². The number of hydrogen-bond acceptors (Lipinski definition) is 5. The lowest BCUT2D eigenvalue weighted by atomic mass is 10.2. The molecule has 0 atom stereocenters. The first-order chi connectivity index (χ1) is 10.6. The van der Waals surface area contributed by atoms with Gasteiger partial charge in [-0.3, -0.25) is 14.6 Å². The maximum Gasteiger partial charge on any atom is 0.329 e. The zero-order valence-corrected chi connectivity index (χ0v) is 11.6. The van der Waals surface area contributed by atoms with E-state index in [0.717, 1.165) is 5.56 Å². The molecule has 0 fully saturated rings. The smallest absolute Gasteiger partial charge is 0.329 e. The summed E-state index contributed by atoms with van der Waals surface area (Å²) in [6, 6.07) is 9.79. The van der Waals surface area contributed by atoms with Crippen molar-refractivity contribution in [3.8, 4) is 5.75 Å². The number of benzene rings is 1. The SMILES string of the molecule is O=C(NCc1ccncc1)C(=O)NN=Cc1cccc(O)c1. The molecule has 0 saturated heterocycles. The first-order valence-corrected chi connectivity index (χ1v) is 6.44. The fourth-order valence-corrected chi connectivity index (χ4v) is 1.58. The largest absolute Gasteiger partial charge is 0.508 e. The van der Waals surface area contributed by atoms with Crippen molar-refractivity contribution in [1.29, 1.82) is 0 Å². The Hall–Kier alpha value is -3.22. The van der Waals surface area contributed by atoms with E-state index in [4.69, 9.17) is 0 Å². The molecule has 1 aromatic heterocycles. The summed E-state index contributed by atoms with van der Waals surface area (Å²) in [5.74, 6) is -1.57. The van der Waals surface area contributed by atoms with Gasteiger partial charge < -0.3 is 10.4 Å². The number of nitrogens with one attached hydrogen (secondary N) is 2. The van der Waals surface area contributed by atoms with Gasteiger partial charge in [-0.25, -0.2) is 5.43 Å². The van der Waals surface area contributed by atoms with Crippen LogP contribution in [0.4, 0.5) is 0 Å². The van der Waals surface area contributed by atoms with Gasteiger partial charge in [-0.05, 0) is 35.4 Å². The predicted octanol–water partition coefficient (Wildman–Crippen LogP) is 0.554. The molecule has 0 spiro atoms. The average molecular weight is 298 g/mol. The maximum atomic E-state index is 11.6. The highest BCUT2D eigenvalue weighted by atomic mass is 16.3. The minimum atomic E-state index is -0.870. The minimum Gasteiger partial charge on any atom is -0.508 e. The number of rotatable bonds is 4. The van der Waals surface area contributed by atoms with Gasteiger partial charge >= 0.3 is 11.8 Å². The van der Waals surface area contributed by atoms with Gasteiger partial charge in [0.1, 0.15) is 5.75 Å². The quantitative estimate of drug-likeness (QED) is 0.435. The van der Waals surface area contributed by atoms with Crippen LogP contribution in [0.1, 0.15) is 11.1 Å². The molecule has 7 nitrogen and oxygen atoms in total. The molecule has 0 unspecified atom stereocenters. The van der Waals surface area contributed by atoms with Gasteiger partial charge in [-0.1, -0.05) is 12.1 Å². The molecule has 2 rings (SSSR count). The van der Waals surface area contributed by atoms with Crippen molar-refractivity contribution in [2.24, 2.45) is 5.10 Å². The Labute approximate surface area is 126 Å². The molecule has 0 aliphatic heterocycles. The first kappa shape index (κ1) is 15.2. The van der Waals surface area contributed by atoms with E-state index in [9.17, 15) is 14.7 Å². The van der Waals surface area contributed by atoms with Crippen molar-refractivity contribution in [2.75, 3.05) is 0 Å². The van der Waals surface area contributed by atoms with Gasteiger partial charge in [0.05, 0.1) is 6.21 Å². The van der Waals surface area contributed by atoms with Crippen LogP contribution in [-0.4, -0.2) is 28.1 Å². The molecule has 0 bridgehead atoms. The normalized spacial score (nSPS) is 10.4. The number of pyridine rings is 1. The summed E-state index contributed by atoms with van der Waals surface area (Å²) in [5, 5.41) is 15.4. The molecule has 3 N–H and O–H groups in total. The number of hydrazone groups is 1. The lowest BCUT2D eigenvalue weighted by molar-refractivity contribution is -0.139. The van der Waals surface area contributed by atoms with Crippen LogP contribution in [0.3, 0.4) is 0 Å². The molecule has 0 aliphatic rings. The van der Waals surface area contributed by atoms with Crippen LogP contribution in [0, 0.1) is 0 Å². The number of phenolic OH excluding ortho intramolecular Hbond substituents is 1. The van der Waals surface area contributed by atoms with Crippen molar-refractivity contribution in [3.63, 3.8) is 0 Å². The lowest BCUT2D eigenvalue weighted by Crippen LogP contribution is -2.37. The molecule has 112 valence electrons. The maximum absolute atomic E-state index is 11.6. The Bertz CT molecular complexity index is 686. The molecule has 0 radical (unpaired) electrons. The highest BCUT2D eigenvalue weighted by Crippen LogP contribution is 2.08. The van der Waals surface area contributed by atoms with E-state index in [0.29, 0.717) is 5.56 Å². The molecule has 1 aromatic carbocycles. The van der Waals surface area contributed by atoms with Crippen LogP contribution in [0.25, 0.3) is 0 Å². The summed E-state index contributed by atoms with van der Waals surface area (Å²) < 4.78 is 0. The van der Waals surface area contributed by atoms with Gasteiger partial charge in [0.2, 0.25) is 0 Å². The fraction of sp³-hybridized carbons (Fsp3) is 0.0667. The molecule has 2 amide bonds. The summed E-state index contributed by atoms with van der Waals surface area (Å²) >= 11 is 0.